The van der Waals surface area contributed by atoms with Crippen LogP contribution in [0.15, 0.2) is 12.3 Å². The first-order chi connectivity index (χ1) is 12.5. The standard InChI is InChI=1S/C17H24ClN5O4/c1-10(9-24)7-19-15(25)11-8-20-23-13(6-12(18)21-14(11)23)22(5)16(26)27-17(2,3)4/h6,8,10,24H,7,9H2,1-5H3,(H,19,25). The highest BCUT2D eigenvalue weighted by molar-refractivity contribution is 6.30. The summed E-state index contributed by atoms with van der Waals surface area (Å²) in [6.07, 6.45) is 0.758. The molecule has 0 aliphatic heterocycles. The molecule has 0 spiro atoms. The second-order valence-electron chi connectivity index (χ2n) is 7.27. The molecule has 2 rings (SSSR count). The zero-order valence-corrected chi connectivity index (χ0v) is 16.7. The van der Waals surface area contributed by atoms with Crippen LogP contribution in [0, 0.1) is 5.92 Å². The van der Waals surface area contributed by atoms with E-state index < -0.39 is 17.6 Å². The summed E-state index contributed by atoms with van der Waals surface area (Å²) in [6, 6.07) is 1.46. The van der Waals surface area contributed by atoms with Gasteiger partial charge in [0, 0.05) is 26.3 Å². The number of carbonyl (C=O) groups excluding carboxylic acids is 2. The third-order valence-corrected chi connectivity index (χ3v) is 3.79. The van der Waals surface area contributed by atoms with Gasteiger partial charge in [0.15, 0.2) is 5.65 Å². The minimum atomic E-state index is -0.667. The Kier molecular flexibility index (Phi) is 6.27. The van der Waals surface area contributed by atoms with Crippen molar-refractivity contribution in [3.63, 3.8) is 0 Å². The lowest BCUT2D eigenvalue weighted by Gasteiger charge is -2.24. The van der Waals surface area contributed by atoms with Crippen molar-refractivity contribution in [1.82, 2.24) is 19.9 Å². The highest BCUT2D eigenvalue weighted by Crippen LogP contribution is 2.23. The molecular weight excluding hydrogens is 374 g/mol. The molecular formula is C17H24ClN5O4. The lowest BCUT2D eigenvalue weighted by Crippen LogP contribution is -2.35. The topological polar surface area (TPSA) is 109 Å². The molecule has 1 unspecified atom stereocenters. The molecule has 148 valence electrons. The number of carbonyl (C=O) groups is 2. The number of hydrogen-bond acceptors (Lipinski definition) is 6. The van der Waals surface area contributed by atoms with Crippen LogP contribution in [0.25, 0.3) is 5.65 Å². The molecule has 2 aromatic rings. The van der Waals surface area contributed by atoms with Gasteiger partial charge in [0.1, 0.15) is 22.1 Å². The van der Waals surface area contributed by atoms with E-state index in [0.29, 0.717) is 12.4 Å². The second kappa shape index (κ2) is 8.10. The van der Waals surface area contributed by atoms with Crippen molar-refractivity contribution >= 4 is 35.1 Å². The third kappa shape index (κ3) is 5.08. The summed E-state index contributed by atoms with van der Waals surface area (Å²) in [7, 11) is 1.52. The first kappa shape index (κ1) is 20.9. The van der Waals surface area contributed by atoms with E-state index in [1.165, 1.54) is 28.7 Å². The Labute approximate surface area is 162 Å². The first-order valence-electron chi connectivity index (χ1n) is 8.43. The van der Waals surface area contributed by atoms with Gasteiger partial charge in [0.2, 0.25) is 0 Å². The van der Waals surface area contributed by atoms with E-state index in [2.05, 4.69) is 15.4 Å². The summed E-state index contributed by atoms with van der Waals surface area (Å²) in [6.45, 7) is 7.36. The number of amides is 2. The number of anilines is 1. The predicted octanol–water partition coefficient (Wildman–Crippen LogP) is 2.11. The molecule has 2 N–H and O–H groups in total. The fourth-order valence-corrected chi connectivity index (χ4v) is 2.35. The average molecular weight is 398 g/mol. The van der Waals surface area contributed by atoms with Gasteiger partial charge in [-0.05, 0) is 26.7 Å². The Morgan fingerprint density at radius 1 is 1.44 bits per heavy atom. The molecule has 0 saturated heterocycles. The van der Waals surface area contributed by atoms with Gasteiger partial charge in [-0.25, -0.2) is 9.78 Å². The lowest BCUT2D eigenvalue weighted by molar-refractivity contribution is 0.0587. The molecule has 0 saturated carbocycles. The highest BCUT2D eigenvalue weighted by Gasteiger charge is 2.24. The molecule has 2 aromatic heterocycles. The molecule has 0 aromatic carbocycles. The molecule has 0 aliphatic carbocycles. The second-order valence-corrected chi connectivity index (χ2v) is 7.66. The van der Waals surface area contributed by atoms with Crippen LogP contribution in [-0.2, 0) is 4.74 Å². The molecule has 10 heteroatoms. The van der Waals surface area contributed by atoms with Gasteiger partial charge in [0.25, 0.3) is 5.91 Å². The van der Waals surface area contributed by atoms with Gasteiger partial charge in [-0.15, -0.1) is 0 Å². The van der Waals surface area contributed by atoms with Gasteiger partial charge in [-0.3, -0.25) is 9.69 Å². The summed E-state index contributed by atoms with van der Waals surface area (Å²) < 4.78 is 6.70. The van der Waals surface area contributed by atoms with E-state index in [-0.39, 0.29) is 28.9 Å². The van der Waals surface area contributed by atoms with Crippen molar-refractivity contribution < 1.29 is 19.4 Å². The first-order valence-corrected chi connectivity index (χ1v) is 8.81. The maximum atomic E-state index is 12.4. The maximum absolute atomic E-state index is 12.4. The number of aliphatic hydroxyl groups excluding tert-OH is 1. The zero-order chi connectivity index (χ0) is 20.4. The van der Waals surface area contributed by atoms with E-state index >= 15 is 0 Å². The highest BCUT2D eigenvalue weighted by atomic mass is 35.5. The number of rotatable bonds is 5. The van der Waals surface area contributed by atoms with Gasteiger partial charge >= 0.3 is 6.09 Å². The minimum Gasteiger partial charge on any atom is -0.443 e. The van der Waals surface area contributed by atoms with Crippen LogP contribution in [0.3, 0.4) is 0 Å². The molecule has 0 radical (unpaired) electrons. The van der Waals surface area contributed by atoms with Crippen LogP contribution in [0.4, 0.5) is 10.6 Å². The van der Waals surface area contributed by atoms with Crippen molar-refractivity contribution in [3.05, 3.63) is 23.0 Å². The number of fused-ring (bicyclic) bond motifs is 1. The predicted molar refractivity (Wildman–Crippen MR) is 101 cm³/mol. The summed E-state index contributed by atoms with van der Waals surface area (Å²) in [5, 5.41) is 16.0. The van der Waals surface area contributed by atoms with Gasteiger partial charge in [-0.1, -0.05) is 18.5 Å². The number of halogens is 1. The summed E-state index contributed by atoms with van der Waals surface area (Å²) in [5.41, 5.74) is -0.247. The van der Waals surface area contributed by atoms with Crippen molar-refractivity contribution in [3.8, 4) is 0 Å². The van der Waals surface area contributed by atoms with E-state index in [4.69, 9.17) is 21.4 Å². The normalized spacial score (nSPS) is 12.7. The maximum Gasteiger partial charge on any atom is 0.415 e. The van der Waals surface area contributed by atoms with Crippen LogP contribution < -0.4 is 10.2 Å². The monoisotopic (exact) mass is 397 g/mol. The molecule has 27 heavy (non-hydrogen) atoms. The zero-order valence-electron chi connectivity index (χ0n) is 16.0. The molecule has 0 fully saturated rings. The summed E-state index contributed by atoms with van der Waals surface area (Å²) in [4.78, 5) is 30.2. The average Bonchev–Trinajstić information content (AvgIpc) is 3.00. The Balaban J connectivity index is 2.36. The number of aromatic nitrogens is 3. The van der Waals surface area contributed by atoms with Crippen molar-refractivity contribution in [2.45, 2.75) is 33.3 Å². The summed E-state index contributed by atoms with van der Waals surface area (Å²) >= 11 is 6.09. The SMILES string of the molecule is CC(CO)CNC(=O)c1cnn2c(N(C)C(=O)OC(C)(C)C)cc(Cl)nc12. The van der Waals surface area contributed by atoms with E-state index in [9.17, 15) is 9.59 Å². The van der Waals surface area contributed by atoms with Crippen molar-refractivity contribution in [2.24, 2.45) is 5.92 Å². The number of nitrogens with zero attached hydrogens (tertiary/aromatic N) is 4. The van der Waals surface area contributed by atoms with Crippen LogP contribution in [-0.4, -0.2) is 57.5 Å². The Morgan fingerprint density at radius 2 is 2.11 bits per heavy atom. The van der Waals surface area contributed by atoms with Gasteiger partial charge in [0.05, 0.1) is 6.20 Å². The van der Waals surface area contributed by atoms with E-state index in [1.807, 2.05) is 0 Å². The van der Waals surface area contributed by atoms with Gasteiger partial charge in [-0.2, -0.15) is 9.61 Å². The van der Waals surface area contributed by atoms with Crippen LogP contribution in [0.1, 0.15) is 38.1 Å². The third-order valence-electron chi connectivity index (χ3n) is 3.60. The fourth-order valence-electron chi connectivity index (χ4n) is 2.17. The van der Waals surface area contributed by atoms with E-state index in [1.54, 1.807) is 27.7 Å². The number of hydrogen-bond donors (Lipinski definition) is 2. The van der Waals surface area contributed by atoms with Crippen LogP contribution in [0.2, 0.25) is 5.15 Å². The molecule has 0 aliphatic rings. The molecule has 9 nitrogen and oxygen atoms in total. The Morgan fingerprint density at radius 3 is 2.70 bits per heavy atom. The molecule has 2 heterocycles. The lowest BCUT2D eigenvalue weighted by atomic mass is 10.2. The van der Waals surface area contributed by atoms with Gasteiger partial charge < -0.3 is 15.2 Å². The van der Waals surface area contributed by atoms with Crippen molar-refractivity contribution in [1.29, 1.82) is 0 Å². The number of ether oxygens (including phenoxy) is 1. The smallest absolute Gasteiger partial charge is 0.415 e. The number of nitrogens with one attached hydrogen (secondary N) is 1. The minimum absolute atomic E-state index is 0.0377. The Bertz CT molecular complexity index is 846. The van der Waals surface area contributed by atoms with E-state index in [0.717, 1.165) is 0 Å². The molecule has 1 atom stereocenters. The molecule has 2 amide bonds. The summed E-state index contributed by atoms with van der Waals surface area (Å²) in [5.74, 6) is -0.172. The van der Waals surface area contributed by atoms with Crippen molar-refractivity contribution in [2.75, 3.05) is 25.1 Å². The van der Waals surface area contributed by atoms with Crippen LogP contribution >= 0.6 is 11.6 Å². The largest absolute Gasteiger partial charge is 0.443 e. The number of aliphatic hydroxyl groups is 1. The fraction of sp³-hybridized carbons (Fsp3) is 0.529. The Hall–Kier alpha value is -2.39. The quantitative estimate of drug-likeness (QED) is 0.748. The molecule has 0 bridgehead atoms. The van der Waals surface area contributed by atoms with Crippen LogP contribution in [0.5, 0.6) is 0 Å².